The molecule has 3 aromatic rings. The summed E-state index contributed by atoms with van der Waals surface area (Å²) in [6.07, 6.45) is 6.20. The molecule has 1 saturated carbocycles. The maximum absolute atomic E-state index is 13.9. The van der Waals surface area contributed by atoms with Crippen LogP contribution in [0.25, 0.3) is 0 Å². The number of benzene rings is 3. The zero-order valence-electron chi connectivity index (χ0n) is 29.0. The zero-order chi connectivity index (χ0) is 33.9. The van der Waals surface area contributed by atoms with E-state index in [0.717, 1.165) is 54.1 Å². The molecule has 3 aliphatic rings. The highest BCUT2D eigenvalue weighted by molar-refractivity contribution is 6.30. The largest absolute Gasteiger partial charge is 0.493 e. The van der Waals surface area contributed by atoms with Crippen LogP contribution < -0.4 is 19.3 Å². The van der Waals surface area contributed by atoms with Gasteiger partial charge in [-0.25, -0.2) is 0 Å². The van der Waals surface area contributed by atoms with Gasteiger partial charge in [-0.1, -0.05) is 23.7 Å². The van der Waals surface area contributed by atoms with Crippen LogP contribution >= 0.6 is 11.6 Å². The molecule has 2 aliphatic heterocycles. The molecule has 0 spiro atoms. The lowest BCUT2D eigenvalue weighted by atomic mass is 9.83. The molecular formula is C39H49ClN4O4. The standard InChI is InChI=1S/C39H49ClN4O4/c1-26(2)48-36-24-34-29(22-35(36)47-5)23-37(45)44(39(34)28-8-10-30(40)11-9-28)33-16-14-31(15-17-33)41(3)19-18-27-6-12-32(13-7-27)43-21-20-42(4)38(46)25-43/h8-11,14-17,22,24,26-27,32,39H,6-7,12-13,18-21,23,25H2,1-5H3/t27-,32-,39-/m0/s1. The van der Waals surface area contributed by atoms with Gasteiger partial charge in [0.1, 0.15) is 0 Å². The van der Waals surface area contributed by atoms with Crippen LogP contribution in [0, 0.1) is 5.92 Å². The summed E-state index contributed by atoms with van der Waals surface area (Å²) in [5.41, 5.74) is 4.92. The van der Waals surface area contributed by atoms with E-state index in [1.165, 1.54) is 25.7 Å². The van der Waals surface area contributed by atoms with Crippen molar-refractivity contribution in [3.63, 3.8) is 0 Å². The summed E-state index contributed by atoms with van der Waals surface area (Å²) in [7, 11) is 5.69. The van der Waals surface area contributed by atoms with Gasteiger partial charge in [0.15, 0.2) is 11.5 Å². The zero-order valence-corrected chi connectivity index (χ0v) is 29.7. The molecule has 0 radical (unpaired) electrons. The first-order valence-electron chi connectivity index (χ1n) is 17.4. The summed E-state index contributed by atoms with van der Waals surface area (Å²) in [5.74, 6) is 2.28. The number of halogens is 1. The Morgan fingerprint density at radius 2 is 1.62 bits per heavy atom. The monoisotopic (exact) mass is 672 g/mol. The van der Waals surface area contributed by atoms with Gasteiger partial charge in [0.05, 0.1) is 32.2 Å². The average molecular weight is 673 g/mol. The average Bonchev–Trinajstić information content (AvgIpc) is 3.08. The highest BCUT2D eigenvalue weighted by atomic mass is 35.5. The minimum absolute atomic E-state index is 0.0270. The van der Waals surface area contributed by atoms with Gasteiger partial charge in [-0.15, -0.1) is 0 Å². The Kier molecular flexibility index (Phi) is 10.5. The van der Waals surface area contributed by atoms with Crippen LogP contribution in [-0.2, 0) is 16.0 Å². The van der Waals surface area contributed by atoms with E-state index in [-0.39, 0.29) is 30.4 Å². The Morgan fingerprint density at radius 3 is 2.27 bits per heavy atom. The molecule has 2 amide bonds. The van der Waals surface area contributed by atoms with Crippen molar-refractivity contribution in [3.8, 4) is 11.5 Å². The van der Waals surface area contributed by atoms with E-state index in [9.17, 15) is 9.59 Å². The molecule has 0 unspecified atom stereocenters. The SMILES string of the molecule is COc1cc2c(cc1OC(C)C)[C@H](c1ccc(Cl)cc1)N(c1ccc(N(C)CC[C@H]3CC[C@H](N4CCN(C)C(=O)C4)CC3)cc1)C(=O)C2. The Bertz CT molecular complexity index is 1590. The third kappa shape index (κ3) is 7.45. The van der Waals surface area contributed by atoms with Crippen molar-refractivity contribution in [1.29, 1.82) is 0 Å². The first-order valence-corrected chi connectivity index (χ1v) is 17.7. The molecule has 1 aliphatic carbocycles. The summed E-state index contributed by atoms with van der Waals surface area (Å²) in [4.78, 5) is 34.6. The van der Waals surface area contributed by atoms with E-state index in [2.05, 4.69) is 41.1 Å². The Hall–Kier alpha value is -3.75. The Morgan fingerprint density at radius 1 is 0.917 bits per heavy atom. The fourth-order valence-electron chi connectivity index (χ4n) is 7.59. The first-order chi connectivity index (χ1) is 23.1. The van der Waals surface area contributed by atoms with E-state index < -0.39 is 0 Å². The molecule has 0 aromatic heterocycles. The van der Waals surface area contributed by atoms with Crippen molar-refractivity contribution >= 4 is 34.8 Å². The van der Waals surface area contributed by atoms with Gasteiger partial charge in [-0.2, -0.15) is 0 Å². The molecule has 0 N–H and O–H groups in total. The third-order valence-corrected chi connectivity index (χ3v) is 10.6. The molecule has 3 aromatic carbocycles. The number of hydrogen-bond donors (Lipinski definition) is 0. The lowest BCUT2D eigenvalue weighted by Gasteiger charge is -2.40. The number of nitrogens with zero attached hydrogens (tertiary/aromatic N) is 4. The molecule has 2 heterocycles. The van der Waals surface area contributed by atoms with Crippen LogP contribution in [0.1, 0.15) is 68.7 Å². The second-order valence-electron chi connectivity index (χ2n) is 14.0. The van der Waals surface area contributed by atoms with Crippen molar-refractivity contribution in [2.75, 3.05) is 57.2 Å². The summed E-state index contributed by atoms with van der Waals surface area (Å²) < 4.78 is 11.8. The summed E-state index contributed by atoms with van der Waals surface area (Å²) in [6.45, 7) is 7.37. The maximum Gasteiger partial charge on any atom is 0.236 e. The van der Waals surface area contributed by atoms with E-state index >= 15 is 0 Å². The molecule has 1 atom stereocenters. The predicted molar refractivity (Wildman–Crippen MR) is 193 cm³/mol. The fourth-order valence-corrected chi connectivity index (χ4v) is 7.71. The number of carbonyl (C=O) groups excluding carboxylic acids is 2. The quantitative estimate of drug-likeness (QED) is 0.232. The number of fused-ring (bicyclic) bond motifs is 1. The van der Waals surface area contributed by atoms with Crippen molar-refractivity contribution in [2.24, 2.45) is 5.92 Å². The van der Waals surface area contributed by atoms with Crippen molar-refractivity contribution in [1.82, 2.24) is 9.80 Å². The van der Waals surface area contributed by atoms with Gasteiger partial charge in [0.2, 0.25) is 11.8 Å². The molecule has 6 rings (SSSR count). The van der Waals surface area contributed by atoms with E-state index in [0.29, 0.717) is 35.0 Å². The van der Waals surface area contributed by atoms with Gasteiger partial charge >= 0.3 is 0 Å². The van der Waals surface area contributed by atoms with Gasteiger partial charge in [0.25, 0.3) is 0 Å². The Labute approximate surface area is 290 Å². The molecule has 48 heavy (non-hydrogen) atoms. The second-order valence-corrected chi connectivity index (χ2v) is 14.4. The lowest BCUT2D eigenvalue weighted by Crippen LogP contribution is -2.52. The minimum Gasteiger partial charge on any atom is -0.493 e. The molecule has 1 saturated heterocycles. The van der Waals surface area contributed by atoms with Crippen LogP contribution in [-0.4, -0.2) is 81.1 Å². The molecule has 2 fully saturated rings. The second kappa shape index (κ2) is 14.8. The number of hydrogen-bond acceptors (Lipinski definition) is 6. The number of ether oxygens (including phenoxy) is 2. The van der Waals surface area contributed by atoms with Crippen molar-refractivity contribution in [2.45, 2.75) is 70.6 Å². The van der Waals surface area contributed by atoms with Crippen LogP contribution in [0.4, 0.5) is 11.4 Å². The number of methoxy groups -OCH3 is 1. The normalized spacial score (nSPS) is 21.8. The number of piperazine rings is 1. The van der Waals surface area contributed by atoms with Crippen molar-refractivity contribution < 1.29 is 19.1 Å². The molecule has 256 valence electrons. The lowest BCUT2D eigenvalue weighted by molar-refractivity contribution is -0.135. The summed E-state index contributed by atoms with van der Waals surface area (Å²) in [6, 6.07) is 20.3. The minimum atomic E-state index is -0.346. The van der Waals surface area contributed by atoms with Gasteiger partial charge in [-0.05, 0) is 117 Å². The van der Waals surface area contributed by atoms with Crippen LogP contribution in [0.5, 0.6) is 11.5 Å². The highest BCUT2D eigenvalue weighted by Gasteiger charge is 2.36. The van der Waals surface area contributed by atoms with E-state index in [1.54, 1.807) is 7.11 Å². The topological polar surface area (TPSA) is 65.6 Å². The number of anilines is 2. The van der Waals surface area contributed by atoms with Crippen LogP contribution in [0.3, 0.4) is 0 Å². The third-order valence-electron chi connectivity index (χ3n) is 10.4. The molecule has 0 bridgehead atoms. The van der Waals surface area contributed by atoms with Crippen LogP contribution in [0.2, 0.25) is 5.02 Å². The predicted octanol–water partition coefficient (Wildman–Crippen LogP) is 6.97. The summed E-state index contributed by atoms with van der Waals surface area (Å²) in [5, 5.41) is 0.651. The smallest absolute Gasteiger partial charge is 0.236 e. The number of likely N-dealkylation sites (N-methyl/N-ethyl adjacent to an activating group) is 1. The van der Waals surface area contributed by atoms with Gasteiger partial charge in [0, 0.05) is 56.2 Å². The number of rotatable bonds is 10. The van der Waals surface area contributed by atoms with E-state index in [4.69, 9.17) is 21.1 Å². The highest BCUT2D eigenvalue weighted by Crippen LogP contribution is 2.44. The maximum atomic E-state index is 13.9. The number of carbonyl (C=O) groups is 2. The number of amides is 2. The van der Waals surface area contributed by atoms with Crippen molar-refractivity contribution in [3.05, 3.63) is 82.4 Å². The molecule has 9 heteroatoms. The molecular weight excluding hydrogens is 624 g/mol. The first kappa shape index (κ1) is 34.1. The van der Waals surface area contributed by atoms with E-state index in [1.807, 2.05) is 67.1 Å². The van der Waals surface area contributed by atoms with Gasteiger partial charge in [-0.3, -0.25) is 14.5 Å². The fraction of sp³-hybridized carbons (Fsp3) is 0.487. The van der Waals surface area contributed by atoms with Crippen LogP contribution in [0.15, 0.2) is 60.7 Å². The Balaban J connectivity index is 1.15. The summed E-state index contributed by atoms with van der Waals surface area (Å²) >= 11 is 6.29. The van der Waals surface area contributed by atoms with Gasteiger partial charge < -0.3 is 24.2 Å². The molecule has 8 nitrogen and oxygen atoms in total.